The molecule has 0 bridgehead atoms. The van der Waals surface area contributed by atoms with E-state index in [9.17, 15) is 0 Å². The molecule has 10 heteroatoms. The van der Waals surface area contributed by atoms with Gasteiger partial charge in [-0.2, -0.15) is 4.98 Å². The van der Waals surface area contributed by atoms with Gasteiger partial charge in [0.15, 0.2) is 0 Å². The van der Waals surface area contributed by atoms with Gasteiger partial charge in [0.1, 0.15) is 0 Å². The van der Waals surface area contributed by atoms with Crippen LogP contribution in [0.15, 0.2) is 27.2 Å². The molecule has 1 aliphatic heterocycles. The summed E-state index contributed by atoms with van der Waals surface area (Å²) in [6, 6.07) is 3.97. The Morgan fingerprint density at radius 1 is 1.40 bits per heavy atom. The predicted molar refractivity (Wildman–Crippen MR) is 93.4 cm³/mol. The molecule has 0 amide bonds. The Bertz CT molecular complexity index is 782. The van der Waals surface area contributed by atoms with Crippen LogP contribution in [0.1, 0.15) is 25.2 Å². The van der Waals surface area contributed by atoms with E-state index >= 15 is 0 Å². The molecule has 0 aliphatic carbocycles. The molecular formula is C15H18N6O2S2. The maximum Gasteiger partial charge on any atom is 0.227 e. The third kappa shape index (κ3) is 4.25. The van der Waals surface area contributed by atoms with Gasteiger partial charge in [0.2, 0.25) is 16.9 Å². The third-order valence-electron chi connectivity index (χ3n) is 3.88. The summed E-state index contributed by atoms with van der Waals surface area (Å²) in [7, 11) is 0. The number of hydrogen-bond donors (Lipinski definition) is 0. The van der Waals surface area contributed by atoms with Gasteiger partial charge >= 0.3 is 0 Å². The molecule has 0 aromatic carbocycles. The van der Waals surface area contributed by atoms with Crippen LogP contribution in [0.25, 0.3) is 10.7 Å². The highest BCUT2D eigenvalue weighted by atomic mass is 32.2. The Kier molecular flexibility index (Phi) is 5.38. The molecule has 1 saturated heterocycles. The molecule has 4 rings (SSSR count). The van der Waals surface area contributed by atoms with E-state index < -0.39 is 0 Å². The normalized spacial score (nSPS) is 17.4. The second-order valence-corrected chi connectivity index (χ2v) is 7.73. The summed E-state index contributed by atoms with van der Waals surface area (Å²) in [5.41, 5.74) is 0. The van der Waals surface area contributed by atoms with E-state index in [0.717, 1.165) is 54.6 Å². The van der Waals surface area contributed by atoms with Crippen molar-refractivity contribution in [2.75, 3.05) is 12.4 Å². The van der Waals surface area contributed by atoms with Crippen molar-refractivity contribution in [3.05, 3.63) is 23.4 Å². The molecule has 0 radical (unpaired) electrons. The van der Waals surface area contributed by atoms with Crippen LogP contribution in [0.4, 0.5) is 0 Å². The van der Waals surface area contributed by atoms with Crippen LogP contribution in [-0.2, 0) is 17.7 Å². The third-order valence-corrected chi connectivity index (χ3v) is 5.78. The molecule has 1 unspecified atom stereocenters. The molecule has 3 aromatic heterocycles. The van der Waals surface area contributed by atoms with Crippen molar-refractivity contribution in [2.45, 2.75) is 43.5 Å². The molecule has 1 atom stereocenters. The topological polar surface area (TPSA) is 91.8 Å². The van der Waals surface area contributed by atoms with Gasteiger partial charge in [-0.05, 0) is 41.1 Å². The molecule has 4 heterocycles. The molecule has 0 spiro atoms. The van der Waals surface area contributed by atoms with Crippen LogP contribution >= 0.6 is 23.1 Å². The Hall–Kier alpha value is -1.78. The summed E-state index contributed by atoms with van der Waals surface area (Å²) in [6.45, 7) is 1.57. The van der Waals surface area contributed by atoms with E-state index in [1.54, 1.807) is 23.1 Å². The summed E-state index contributed by atoms with van der Waals surface area (Å²) >= 11 is 3.25. The van der Waals surface area contributed by atoms with Crippen LogP contribution in [0.5, 0.6) is 0 Å². The molecule has 0 N–H and O–H groups in total. The number of ether oxygens (including phenoxy) is 1. The SMILES string of the molecule is c1csc(-c2noc(CCCSc3nnnn3CC3CCCO3)n2)c1. The van der Waals surface area contributed by atoms with Crippen LogP contribution < -0.4 is 0 Å². The van der Waals surface area contributed by atoms with Crippen LogP contribution in [-0.4, -0.2) is 48.8 Å². The fraction of sp³-hybridized carbons (Fsp3) is 0.533. The van der Waals surface area contributed by atoms with Crippen molar-refractivity contribution in [2.24, 2.45) is 0 Å². The molecule has 0 saturated carbocycles. The summed E-state index contributed by atoms with van der Waals surface area (Å²) in [6.07, 6.45) is 4.10. The summed E-state index contributed by atoms with van der Waals surface area (Å²) in [4.78, 5) is 5.46. The van der Waals surface area contributed by atoms with Gasteiger partial charge in [-0.15, -0.1) is 16.4 Å². The maximum absolute atomic E-state index is 5.65. The van der Waals surface area contributed by atoms with Gasteiger partial charge in [0.05, 0.1) is 17.5 Å². The van der Waals surface area contributed by atoms with E-state index in [0.29, 0.717) is 11.7 Å². The fourth-order valence-corrected chi connectivity index (χ4v) is 4.12. The van der Waals surface area contributed by atoms with Gasteiger partial charge in [-0.3, -0.25) is 0 Å². The minimum Gasteiger partial charge on any atom is -0.376 e. The van der Waals surface area contributed by atoms with Crippen molar-refractivity contribution < 1.29 is 9.26 Å². The Morgan fingerprint density at radius 3 is 3.24 bits per heavy atom. The van der Waals surface area contributed by atoms with Gasteiger partial charge in [0, 0.05) is 18.8 Å². The van der Waals surface area contributed by atoms with Gasteiger partial charge in [0.25, 0.3) is 0 Å². The molecule has 8 nitrogen and oxygen atoms in total. The van der Waals surface area contributed by atoms with E-state index in [4.69, 9.17) is 9.26 Å². The first-order chi connectivity index (χ1) is 12.4. The summed E-state index contributed by atoms with van der Waals surface area (Å²) < 4.78 is 12.8. The Labute approximate surface area is 153 Å². The summed E-state index contributed by atoms with van der Waals surface area (Å²) in [5, 5.41) is 18.8. The van der Waals surface area contributed by atoms with Crippen LogP contribution in [0, 0.1) is 0 Å². The van der Waals surface area contributed by atoms with E-state index in [2.05, 4.69) is 25.7 Å². The molecule has 25 heavy (non-hydrogen) atoms. The van der Waals surface area contributed by atoms with Crippen molar-refractivity contribution in [1.82, 2.24) is 30.3 Å². The molecule has 1 fully saturated rings. The quantitative estimate of drug-likeness (QED) is 0.436. The number of aromatic nitrogens is 6. The standard InChI is InChI=1S/C15H18N6O2S2/c1-4-11(22-7-1)10-21-15(17-19-20-21)25-9-3-6-13-16-14(18-23-13)12-5-2-8-24-12/h2,5,8,11H,1,3-4,6-7,9-10H2. The number of aryl methyl sites for hydroxylation is 1. The zero-order chi connectivity index (χ0) is 16.9. The summed E-state index contributed by atoms with van der Waals surface area (Å²) in [5.74, 6) is 2.23. The lowest BCUT2D eigenvalue weighted by Gasteiger charge is -2.09. The fourth-order valence-electron chi connectivity index (χ4n) is 2.64. The first-order valence-corrected chi connectivity index (χ1v) is 10.1. The first kappa shape index (κ1) is 16.7. The Morgan fingerprint density at radius 2 is 2.40 bits per heavy atom. The zero-order valence-corrected chi connectivity index (χ0v) is 15.2. The van der Waals surface area contributed by atoms with E-state index in [-0.39, 0.29) is 6.10 Å². The highest BCUT2D eigenvalue weighted by Gasteiger charge is 2.19. The first-order valence-electron chi connectivity index (χ1n) is 8.25. The second kappa shape index (κ2) is 8.07. The largest absolute Gasteiger partial charge is 0.376 e. The molecule has 132 valence electrons. The van der Waals surface area contributed by atoms with E-state index in [1.165, 1.54) is 0 Å². The number of nitrogens with zero attached hydrogens (tertiary/aromatic N) is 6. The second-order valence-electron chi connectivity index (χ2n) is 5.72. The number of hydrogen-bond acceptors (Lipinski definition) is 9. The lowest BCUT2D eigenvalue weighted by atomic mass is 10.2. The maximum atomic E-state index is 5.65. The lowest BCUT2D eigenvalue weighted by molar-refractivity contribution is 0.0912. The average molecular weight is 378 g/mol. The predicted octanol–water partition coefficient (Wildman–Crippen LogP) is 2.69. The average Bonchev–Trinajstić information content (AvgIpc) is 3.39. The lowest BCUT2D eigenvalue weighted by Crippen LogP contribution is -2.16. The number of rotatable bonds is 8. The smallest absolute Gasteiger partial charge is 0.227 e. The van der Waals surface area contributed by atoms with Crippen molar-refractivity contribution in [3.63, 3.8) is 0 Å². The van der Waals surface area contributed by atoms with Gasteiger partial charge < -0.3 is 9.26 Å². The van der Waals surface area contributed by atoms with Gasteiger partial charge in [-0.25, -0.2) is 4.68 Å². The zero-order valence-electron chi connectivity index (χ0n) is 13.6. The van der Waals surface area contributed by atoms with Crippen molar-refractivity contribution in [1.29, 1.82) is 0 Å². The van der Waals surface area contributed by atoms with E-state index in [1.807, 2.05) is 22.2 Å². The monoisotopic (exact) mass is 378 g/mol. The van der Waals surface area contributed by atoms with Gasteiger partial charge in [-0.1, -0.05) is 23.0 Å². The molecule has 1 aliphatic rings. The van der Waals surface area contributed by atoms with Crippen LogP contribution in [0.2, 0.25) is 0 Å². The number of tetrazole rings is 1. The Balaban J connectivity index is 1.24. The van der Waals surface area contributed by atoms with Crippen molar-refractivity contribution in [3.8, 4) is 10.7 Å². The van der Waals surface area contributed by atoms with Crippen molar-refractivity contribution >= 4 is 23.1 Å². The minimum atomic E-state index is 0.233. The highest BCUT2D eigenvalue weighted by Crippen LogP contribution is 2.22. The molecular weight excluding hydrogens is 360 g/mol. The highest BCUT2D eigenvalue weighted by molar-refractivity contribution is 7.99. The molecule has 3 aromatic rings. The van der Waals surface area contributed by atoms with Crippen LogP contribution in [0.3, 0.4) is 0 Å². The number of thiophene rings is 1. The number of thioether (sulfide) groups is 1. The minimum absolute atomic E-state index is 0.233.